The zero-order valence-corrected chi connectivity index (χ0v) is 18.3. The monoisotopic (exact) mass is 537 g/mol. The average Bonchev–Trinajstić information content (AvgIpc) is 3.29. The Bertz CT molecular complexity index is 1040. The van der Waals surface area contributed by atoms with Gasteiger partial charge in [0, 0.05) is 43.7 Å². The second kappa shape index (κ2) is 7.79. The maximum absolute atomic E-state index is 5.46. The number of rotatable bonds is 4. The molecule has 141 valence electrons. The van der Waals surface area contributed by atoms with Crippen molar-refractivity contribution in [2.75, 3.05) is 0 Å². The second-order valence-corrected chi connectivity index (χ2v) is 7.13. The van der Waals surface area contributed by atoms with Gasteiger partial charge in [0.1, 0.15) is 0 Å². The molecular formula is C22H22IrN3O-. The molecule has 2 heterocycles. The third kappa shape index (κ3) is 3.38. The summed E-state index contributed by atoms with van der Waals surface area (Å²) in [6.45, 7) is 8.90. The van der Waals surface area contributed by atoms with Crippen LogP contribution in [0.4, 0.5) is 0 Å². The molecule has 4 nitrogen and oxygen atoms in total. The number of fused-ring (bicyclic) bond motifs is 1. The van der Waals surface area contributed by atoms with Gasteiger partial charge in [0.05, 0.1) is 11.4 Å². The maximum Gasteiger partial charge on any atom is 0.170 e. The van der Waals surface area contributed by atoms with Gasteiger partial charge < -0.3 is 8.98 Å². The van der Waals surface area contributed by atoms with Crippen molar-refractivity contribution >= 4 is 11.1 Å². The first-order chi connectivity index (χ1) is 12.6. The molecule has 2 aromatic heterocycles. The molecule has 5 heteroatoms. The summed E-state index contributed by atoms with van der Waals surface area (Å²) in [5.41, 5.74) is 6.21. The molecule has 4 aromatic rings. The van der Waals surface area contributed by atoms with Crippen molar-refractivity contribution < 1.29 is 24.5 Å². The van der Waals surface area contributed by atoms with Crippen LogP contribution in [0.5, 0.6) is 0 Å². The van der Waals surface area contributed by atoms with Gasteiger partial charge in [-0.3, -0.25) is 9.97 Å². The van der Waals surface area contributed by atoms with Crippen LogP contribution in [0, 0.1) is 6.07 Å². The van der Waals surface area contributed by atoms with Gasteiger partial charge >= 0.3 is 0 Å². The van der Waals surface area contributed by atoms with Crippen molar-refractivity contribution in [2.45, 2.75) is 39.5 Å². The second-order valence-electron chi connectivity index (χ2n) is 7.13. The summed E-state index contributed by atoms with van der Waals surface area (Å²) < 4.78 is 7.63. The Hall–Kier alpha value is -2.23. The Balaban J connectivity index is 0.00000210. The zero-order valence-electron chi connectivity index (χ0n) is 15.9. The summed E-state index contributed by atoms with van der Waals surface area (Å²) in [5, 5.41) is 0. The number of hydrogen-bond donors (Lipinski definition) is 0. The first-order valence-electron chi connectivity index (χ1n) is 8.98. The summed E-state index contributed by atoms with van der Waals surface area (Å²) in [6.07, 6.45) is 5.33. The van der Waals surface area contributed by atoms with Gasteiger partial charge in [0.15, 0.2) is 6.39 Å². The zero-order chi connectivity index (χ0) is 18.3. The molecule has 4 rings (SSSR count). The molecule has 0 aliphatic carbocycles. The van der Waals surface area contributed by atoms with E-state index in [1.807, 2.05) is 24.5 Å². The molecule has 0 aliphatic rings. The molecule has 0 fully saturated rings. The molecular weight excluding hydrogens is 514 g/mol. The molecule has 0 unspecified atom stereocenters. The molecule has 0 bridgehead atoms. The Morgan fingerprint density at radius 1 is 1.00 bits per heavy atom. The molecule has 0 aliphatic heterocycles. The number of benzene rings is 2. The van der Waals surface area contributed by atoms with E-state index in [1.165, 1.54) is 23.2 Å². The maximum atomic E-state index is 5.46. The fourth-order valence-corrected chi connectivity index (χ4v) is 3.46. The van der Waals surface area contributed by atoms with E-state index >= 15 is 0 Å². The van der Waals surface area contributed by atoms with Crippen molar-refractivity contribution in [3.05, 3.63) is 66.3 Å². The Morgan fingerprint density at radius 2 is 1.70 bits per heavy atom. The van der Waals surface area contributed by atoms with Crippen LogP contribution in [0.25, 0.3) is 28.2 Å². The summed E-state index contributed by atoms with van der Waals surface area (Å²) >= 11 is 0. The molecule has 0 saturated carbocycles. The van der Waals surface area contributed by atoms with Crippen LogP contribution in [0.15, 0.2) is 53.5 Å². The molecule has 0 atom stereocenters. The van der Waals surface area contributed by atoms with Gasteiger partial charge in [-0.1, -0.05) is 57.5 Å². The minimum Gasteiger partial charge on any atom is -0.464 e. The first kappa shape index (κ1) is 19.5. The van der Waals surface area contributed by atoms with Crippen molar-refractivity contribution in [3.63, 3.8) is 0 Å². The van der Waals surface area contributed by atoms with E-state index in [0.29, 0.717) is 11.8 Å². The van der Waals surface area contributed by atoms with E-state index in [2.05, 4.69) is 66.5 Å². The van der Waals surface area contributed by atoms with E-state index in [0.717, 1.165) is 22.5 Å². The molecule has 0 N–H and O–H groups in total. The quantitative estimate of drug-likeness (QED) is 0.313. The topological polar surface area (TPSA) is 43.9 Å². The number of aromatic nitrogens is 3. The predicted octanol–water partition coefficient (Wildman–Crippen LogP) is 5.72. The fourth-order valence-electron chi connectivity index (χ4n) is 3.46. The van der Waals surface area contributed by atoms with Gasteiger partial charge in [-0.25, -0.2) is 0 Å². The number of hydrogen-bond acceptors (Lipinski definition) is 3. The van der Waals surface area contributed by atoms with Gasteiger partial charge in [-0.2, -0.15) is 0 Å². The summed E-state index contributed by atoms with van der Waals surface area (Å²) in [5.74, 6) is 1.65. The van der Waals surface area contributed by atoms with Crippen molar-refractivity contribution in [1.82, 2.24) is 14.5 Å². The van der Waals surface area contributed by atoms with Gasteiger partial charge in [0.25, 0.3) is 0 Å². The SMILES string of the molecule is CC(C)c1cccc(C(C)C)c1-n1ccnc1-c1[c-]ccc2ocnc12.[Ir]. The number of para-hydroxylation sites is 1. The minimum atomic E-state index is 0. The Kier molecular flexibility index (Phi) is 5.64. The normalized spacial score (nSPS) is 11.3. The van der Waals surface area contributed by atoms with Crippen LogP contribution >= 0.6 is 0 Å². The van der Waals surface area contributed by atoms with E-state index in [9.17, 15) is 0 Å². The minimum absolute atomic E-state index is 0. The first-order valence-corrected chi connectivity index (χ1v) is 8.98. The van der Waals surface area contributed by atoms with Gasteiger partial charge in [-0.15, -0.1) is 12.1 Å². The number of oxazole rings is 1. The van der Waals surface area contributed by atoms with Crippen molar-refractivity contribution in [2.24, 2.45) is 0 Å². The van der Waals surface area contributed by atoms with Gasteiger partial charge in [-0.05, 0) is 23.0 Å². The van der Waals surface area contributed by atoms with Crippen LogP contribution in [-0.4, -0.2) is 14.5 Å². The summed E-state index contributed by atoms with van der Waals surface area (Å²) in [6, 6.07) is 13.6. The standard InChI is InChI=1S/C22H22N3O.Ir/c1-14(2)16-7-5-8-17(15(3)4)21(16)25-12-11-23-22(25)18-9-6-10-19-20(18)24-13-26-19;/h5-8,10-15H,1-4H3;/q-1;. The Morgan fingerprint density at radius 3 is 2.37 bits per heavy atom. The smallest absolute Gasteiger partial charge is 0.170 e. The molecule has 0 amide bonds. The third-order valence-corrected chi connectivity index (χ3v) is 4.74. The predicted molar refractivity (Wildman–Crippen MR) is 104 cm³/mol. The molecule has 1 radical (unpaired) electrons. The number of imidazole rings is 1. The van der Waals surface area contributed by atoms with E-state index in [4.69, 9.17) is 4.42 Å². The molecule has 0 saturated heterocycles. The van der Waals surface area contributed by atoms with Crippen LogP contribution in [0.2, 0.25) is 0 Å². The van der Waals surface area contributed by atoms with Crippen LogP contribution in [0.3, 0.4) is 0 Å². The Labute approximate surface area is 173 Å². The molecule has 27 heavy (non-hydrogen) atoms. The summed E-state index contributed by atoms with van der Waals surface area (Å²) in [7, 11) is 0. The summed E-state index contributed by atoms with van der Waals surface area (Å²) in [4.78, 5) is 9.02. The largest absolute Gasteiger partial charge is 0.464 e. The van der Waals surface area contributed by atoms with Crippen LogP contribution in [-0.2, 0) is 20.1 Å². The molecule has 2 aromatic carbocycles. The van der Waals surface area contributed by atoms with E-state index in [1.54, 1.807) is 0 Å². The fraction of sp³-hybridized carbons (Fsp3) is 0.273. The number of nitrogens with zero attached hydrogens (tertiary/aromatic N) is 3. The van der Waals surface area contributed by atoms with Crippen molar-refractivity contribution in [3.8, 4) is 17.1 Å². The van der Waals surface area contributed by atoms with Gasteiger partial charge in [0.2, 0.25) is 0 Å². The third-order valence-electron chi connectivity index (χ3n) is 4.74. The van der Waals surface area contributed by atoms with Crippen LogP contribution in [0.1, 0.15) is 50.7 Å². The van der Waals surface area contributed by atoms with E-state index < -0.39 is 0 Å². The van der Waals surface area contributed by atoms with E-state index in [-0.39, 0.29) is 20.1 Å². The van der Waals surface area contributed by atoms with Crippen molar-refractivity contribution in [1.29, 1.82) is 0 Å². The van der Waals surface area contributed by atoms with Crippen LogP contribution < -0.4 is 0 Å². The average molecular weight is 537 g/mol. The molecule has 0 spiro atoms.